The predicted octanol–water partition coefficient (Wildman–Crippen LogP) is 3.51. The van der Waals surface area contributed by atoms with Crippen molar-refractivity contribution in [2.45, 2.75) is 50.2 Å². The minimum absolute atomic E-state index is 0.182. The highest BCUT2D eigenvalue weighted by molar-refractivity contribution is 7.99. The van der Waals surface area contributed by atoms with Crippen molar-refractivity contribution in [3.8, 4) is 0 Å². The van der Waals surface area contributed by atoms with Crippen molar-refractivity contribution in [1.29, 1.82) is 0 Å². The summed E-state index contributed by atoms with van der Waals surface area (Å²) in [5.41, 5.74) is 1.03. The normalized spacial score (nSPS) is 16.7. The first-order valence-electron chi connectivity index (χ1n) is 9.10. The smallest absolute Gasteiger partial charge is 0.261 e. The molecule has 2 heterocycles. The Balaban J connectivity index is 1.36. The van der Waals surface area contributed by atoms with Crippen molar-refractivity contribution < 1.29 is 9.59 Å². The first kappa shape index (κ1) is 17.3. The third-order valence-corrected chi connectivity index (χ3v) is 5.78. The Hall–Kier alpha value is -2.15. The van der Waals surface area contributed by atoms with Crippen molar-refractivity contribution in [2.24, 2.45) is 0 Å². The number of thioether (sulfide) groups is 1. The van der Waals surface area contributed by atoms with Crippen LogP contribution in [0.1, 0.15) is 71.6 Å². The van der Waals surface area contributed by atoms with Crippen LogP contribution in [0.15, 0.2) is 29.4 Å². The topological polar surface area (TPSA) is 68.1 Å². The van der Waals surface area contributed by atoms with E-state index in [0.717, 1.165) is 23.2 Å². The summed E-state index contributed by atoms with van der Waals surface area (Å²) >= 11 is 1.66. The Morgan fingerprint density at radius 3 is 2.35 bits per heavy atom. The monoisotopic (exact) mass is 370 g/mol. The number of nitrogens with zero attached hydrogens (tertiary/aromatic N) is 4. The Kier molecular flexibility index (Phi) is 4.56. The lowest BCUT2D eigenvalue weighted by atomic mass is 10.1. The molecule has 1 aromatic carbocycles. The average Bonchev–Trinajstić information content (AvgIpc) is 3.34. The summed E-state index contributed by atoms with van der Waals surface area (Å²) in [6, 6.07) is 7.56. The fraction of sp³-hybridized carbons (Fsp3) is 0.474. The van der Waals surface area contributed by atoms with E-state index in [2.05, 4.69) is 28.6 Å². The number of amides is 2. The minimum atomic E-state index is -0.182. The number of carbonyl (C=O) groups excluding carboxylic acids is 2. The van der Waals surface area contributed by atoms with Crippen LogP contribution in [0.3, 0.4) is 0 Å². The Morgan fingerprint density at radius 2 is 1.77 bits per heavy atom. The molecule has 2 amide bonds. The zero-order chi connectivity index (χ0) is 18.3. The molecular formula is C19H22N4O2S. The maximum atomic E-state index is 12.4. The van der Waals surface area contributed by atoms with Gasteiger partial charge >= 0.3 is 0 Å². The van der Waals surface area contributed by atoms with Crippen LogP contribution in [0, 0.1) is 0 Å². The lowest BCUT2D eigenvalue weighted by Gasteiger charge is -2.14. The first-order chi connectivity index (χ1) is 12.6. The molecule has 4 rings (SSSR count). The van der Waals surface area contributed by atoms with Gasteiger partial charge in [0.05, 0.1) is 11.1 Å². The maximum Gasteiger partial charge on any atom is 0.261 e. The quantitative estimate of drug-likeness (QED) is 0.424. The molecule has 1 aromatic heterocycles. The van der Waals surface area contributed by atoms with Crippen LogP contribution in [-0.2, 0) is 0 Å². The second-order valence-electron chi connectivity index (χ2n) is 7.11. The molecule has 1 aliphatic carbocycles. The van der Waals surface area contributed by atoms with Gasteiger partial charge in [-0.1, -0.05) is 37.7 Å². The summed E-state index contributed by atoms with van der Waals surface area (Å²) in [6.45, 7) is 4.72. The fourth-order valence-corrected chi connectivity index (χ4v) is 4.22. The van der Waals surface area contributed by atoms with Crippen LogP contribution in [0.25, 0.3) is 0 Å². The molecule has 2 aromatic rings. The molecular weight excluding hydrogens is 348 g/mol. The molecule has 1 saturated carbocycles. The van der Waals surface area contributed by atoms with Gasteiger partial charge in [-0.2, -0.15) is 0 Å². The molecule has 0 bridgehead atoms. The number of carbonyl (C=O) groups is 2. The van der Waals surface area contributed by atoms with E-state index in [1.54, 1.807) is 36.0 Å². The predicted molar refractivity (Wildman–Crippen MR) is 99.5 cm³/mol. The second kappa shape index (κ2) is 6.87. The van der Waals surface area contributed by atoms with Gasteiger partial charge in [-0.05, 0) is 31.4 Å². The largest absolute Gasteiger partial charge is 0.303 e. The third-order valence-electron chi connectivity index (χ3n) is 4.75. The molecule has 7 heteroatoms. The highest BCUT2D eigenvalue weighted by Gasteiger charge is 2.34. The number of hydrogen-bond acceptors (Lipinski definition) is 5. The standard InChI is InChI=1S/C19H22N4O2S/c1-12(2)16-20-21-19(23(16)13-8-9-13)26-11-5-10-22-17(24)14-6-3-4-7-15(14)18(22)25/h3-4,6-7,12-13H,5,8-11H2,1-2H3. The van der Waals surface area contributed by atoms with Crippen LogP contribution in [0.4, 0.5) is 0 Å². The van der Waals surface area contributed by atoms with Gasteiger partial charge in [0.2, 0.25) is 0 Å². The van der Waals surface area contributed by atoms with E-state index in [0.29, 0.717) is 29.6 Å². The van der Waals surface area contributed by atoms with Crippen molar-refractivity contribution in [3.63, 3.8) is 0 Å². The number of benzene rings is 1. The van der Waals surface area contributed by atoms with Crippen LogP contribution < -0.4 is 0 Å². The van der Waals surface area contributed by atoms with Crippen LogP contribution in [-0.4, -0.2) is 43.8 Å². The van der Waals surface area contributed by atoms with Crippen LogP contribution in [0.5, 0.6) is 0 Å². The zero-order valence-electron chi connectivity index (χ0n) is 15.0. The molecule has 0 radical (unpaired) electrons. The summed E-state index contributed by atoms with van der Waals surface area (Å²) in [5, 5.41) is 9.67. The van der Waals surface area contributed by atoms with Gasteiger partial charge < -0.3 is 4.57 Å². The summed E-state index contributed by atoms with van der Waals surface area (Å²) in [4.78, 5) is 26.1. The van der Waals surface area contributed by atoms with E-state index in [9.17, 15) is 9.59 Å². The van der Waals surface area contributed by atoms with Gasteiger partial charge in [0.1, 0.15) is 5.82 Å². The SMILES string of the molecule is CC(C)c1nnc(SCCCN2C(=O)c3ccccc3C2=O)n1C1CC1. The average molecular weight is 370 g/mol. The number of fused-ring (bicyclic) bond motifs is 1. The number of aromatic nitrogens is 3. The fourth-order valence-electron chi connectivity index (χ4n) is 3.28. The van der Waals surface area contributed by atoms with Gasteiger partial charge in [0, 0.05) is 24.3 Å². The Bertz CT molecular complexity index is 822. The van der Waals surface area contributed by atoms with Crippen molar-refractivity contribution in [2.75, 3.05) is 12.3 Å². The van der Waals surface area contributed by atoms with E-state index in [4.69, 9.17) is 0 Å². The van der Waals surface area contributed by atoms with E-state index in [1.165, 1.54) is 17.7 Å². The van der Waals surface area contributed by atoms with E-state index < -0.39 is 0 Å². The highest BCUT2D eigenvalue weighted by Crippen LogP contribution is 2.40. The molecule has 1 aliphatic heterocycles. The summed E-state index contributed by atoms with van der Waals surface area (Å²) in [6.07, 6.45) is 3.13. The van der Waals surface area contributed by atoms with Gasteiger partial charge in [0.25, 0.3) is 11.8 Å². The number of rotatable bonds is 7. The minimum Gasteiger partial charge on any atom is -0.303 e. The van der Waals surface area contributed by atoms with Gasteiger partial charge in [0.15, 0.2) is 5.16 Å². The van der Waals surface area contributed by atoms with Gasteiger partial charge in [-0.25, -0.2) is 0 Å². The molecule has 1 fully saturated rings. The summed E-state index contributed by atoms with van der Waals surface area (Å²) < 4.78 is 2.28. The van der Waals surface area contributed by atoms with E-state index in [1.807, 2.05) is 0 Å². The van der Waals surface area contributed by atoms with Crippen molar-refractivity contribution in [1.82, 2.24) is 19.7 Å². The Morgan fingerprint density at radius 1 is 1.12 bits per heavy atom. The molecule has 26 heavy (non-hydrogen) atoms. The molecule has 0 N–H and O–H groups in total. The Labute approximate surface area is 157 Å². The van der Waals surface area contributed by atoms with Crippen LogP contribution >= 0.6 is 11.8 Å². The van der Waals surface area contributed by atoms with Gasteiger partial charge in [-0.15, -0.1) is 10.2 Å². The zero-order valence-corrected chi connectivity index (χ0v) is 15.8. The molecule has 0 spiro atoms. The second-order valence-corrected chi connectivity index (χ2v) is 8.17. The number of hydrogen-bond donors (Lipinski definition) is 0. The molecule has 136 valence electrons. The molecule has 0 atom stereocenters. The van der Waals surface area contributed by atoms with E-state index >= 15 is 0 Å². The van der Waals surface area contributed by atoms with Crippen molar-refractivity contribution >= 4 is 23.6 Å². The van der Waals surface area contributed by atoms with Crippen molar-refractivity contribution in [3.05, 3.63) is 41.2 Å². The molecule has 2 aliphatic rings. The highest BCUT2D eigenvalue weighted by atomic mass is 32.2. The van der Waals surface area contributed by atoms with E-state index in [-0.39, 0.29) is 11.8 Å². The number of imide groups is 1. The first-order valence-corrected chi connectivity index (χ1v) is 10.1. The van der Waals surface area contributed by atoms with Crippen LogP contribution in [0.2, 0.25) is 0 Å². The molecule has 0 saturated heterocycles. The summed E-state index contributed by atoms with van der Waals surface area (Å²) in [5.74, 6) is 1.85. The maximum absolute atomic E-state index is 12.4. The third kappa shape index (κ3) is 3.05. The van der Waals surface area contributed by atoms with Gasteiger partial charge in [-0.3, -0.25) is 14.5 Å². The summed E-state index contributed by atoms with van der Waals surface area (Å²) in [7, 11) is 0. The molecule has 0 unspecified atom stereocenters. The lowest BCUT2D eigenvalue weighted by Crippen LogP contribution is -2.31. The molecule has 6 nitrogen and oxygen atoms in total. The lowest BCUT2D eigenvalue weighted by molar-refractivity contribution is 0.0655.